The van der Waals surface area contributed by atoms with Gasteiger partial charge in [0, 0.05) is 6.07 Å². The number of nitrogens with two attached hydrogens (primary N) is 2. The number of guanidine groups is 2. The summed E-state index contributed by atoms with van der Waals surface area (Å²) in [5.41, 5.74) is 11.2. The molecule has 0 unspecified atom stereocenters. The maximum absolute atomic E-state index is 12.0. The van der Waals surface area contributed by atoms with Crippen LogP contribution in [-0.4, -0.2) is 35.1 Å². The maximum atomic E-state index is 12.0. The molecule has 3 rings (SSSR count). The molecule has 2 aliphatic rings. The van der Waals surface area contributed by atoms with Gasteiger partial charge in [-0.2, -0.15) is 4.99 Å². The lowest BCUT2D eigenvalue weighted by molar-refractivity contribution is -0.384. The van der Waals surface area contributed by atoms with Crippen LogP contribution >= 0.6 is 0 Å². The van der Waals surface area contributed by atoms with E-state index in [-0.39, 0.29) is 35.5 Å². The fraction of sp³-hybridized carbons (Fsp3) is 0.471. The first-order valence-electron chi connectivity index (χ1n) is 8.83. The van der Waals surface area contributed by atoms with E-state index in [2.05, 4.69) is 9.98 Å². The van der Waals surface area contributed by atoms with Gasteiger partial charge >= 0.3 is 5.97 Å². The molecule has 1 saturated carbocycles. The van der Waals surface area contributed by atoms with Gasteiger partial charge in [-0.3, -0.25) is 15.0 Å². The summed E-state index contributed by atoms with van der Waals surface area (Å²) in [6.45, 7) is 1.85. The predicted molar refractivity (Wildman–Crippen MR) is 101 cm³/mol. The van der Waals surface area contributed by atoms with Crippen molar-refractivity contribution in [2.24, 2.45) is 21.5 Å². The summed E-state index contributed by atoms with van der Waals surface area (Å²) in [6.07, 6.45) is 4.15. The summed E-state index contributed by atoms with van der Waals surface area (Å²) in [4.78, 5) is 33.2. The van der Waals surface area contributed by atoms with Crippen molar-refractivity contribution in [3.63, 3.8) is 0 Å². The first-order valence-corrected chi connectivity index (χ1v) is 8.83. The summed E-state index contributed by atoms with van der Waals surface area (Å²) < 4.78 is 4.93. The number of nitro groups is 1. The smallest absolute Gasteiger partial charge is 0.338 e. The van der Waals surface area contributed by atoms with E-state index in [0.717, 1.165) is 19.3 Å². The monoisotopic (exact) mass is 374 g/mol. The van der Waals surface area contributed by atoms with E-state index < -0.39 is 16.6 Å². The van der Waals surface area contributed by atoms with E-state index in [0.29, 0.717) is 12.8 Å². The van der Waals surface area contributed by atoms with Gasteiger partial charge in [-0.15, -0.1) is 0 Å². The Morgan fingerprint density at radius 1 is 1.33 bits per heavy atom. The Labute approximate surface area is 156 Å². The van der Waals surface area contributed by atoms with Crippen molar-refractivity contribution in [2.75, 3.05) is 11.5 Å². The van der Waals surface area contributed by atoms with Gasteiger partial charge in [-0.05, 0) is 44.7 Å². The number of benzene rings is 1. The Bertz CT molecular complexity index is 829. The zero-order valence-corrected chi connectivity index (χ0v) is 15.1. The Kier molecular flexibility index (Phi) is 4.98. The maximum Gasteiger partial charge on any atom is 0.338 e. The molecule has 1 aromatic rings. The summed E-state index contributed by atoms with van der Waals surface area (Å²) >= 11 is 0. The third kappa shape index (κ3) is 3.42. The number of hydrogen-bond acceptors (Lipinski definition) is 9. The van der Waals surface area contributed by atoms with E-state index in [9.17, 15) is 14.9 Å². The van der Waals surface area contributed by atoms with Crippen LogP contribution in [0.4, 0.5) is 11.4 Å². The highest BCUT2D eigenvalue weighted by molar-refractivity contribution is 6.07. The van der Waals surface area contributed by atoms with Gasteiger partial charge in [0.2, 0.25) is 11.9 Å². The zero-order chi connectivity index (χ0) is 19.6. The zero-order valence-electron chi connectivity index (χ0n) is 15.1. The second-order valence-corrected chi connectivity index (χ2v) is 6.50. The van der Waals surface area contributed by atoms with Crippen molar-refractivity contribution in [3.8, 4) is 0 Å². The van der Waals surface area contributed by atoms with Crippen LogP contribution in [0.1, 0.15) is 49.4 Å². The molecule has 0 atom stereocenters. The highest BCUT2D eigenvalue weighted by atomic mass is 16.6. The lowest BCUT2D eigenvalue weighted by atomic mass is 9.87. The number of carbonyl (C=O) groups is 1. The summed E-state index contributed by atoms with van der Waals surface area (Å²) in [5.74, 6) is -0.505. The van der Waals surface area contributed by atoms with Crippen molar-refractivity contribution >= 4 is 29.3 Å². The number of carbonyl (C=O) groups excluding carboxylic acids is 1. The molecule has 1 aromatic carbocycles. The lowest BCUT2D eigenvalue weighted by Gasteiger charge is -2.45. The van der Waals surface area contributed by atoms with Crippen LogP contribution in [0, 0.1) is 10.1 Å². The molecule has 4 N–H and O–H groups in total. The molecule has 0 radical (unpaired) electrons. The Morgan fingerprint density at radius 3 is 2.67 bits per heavy atom. The molecule has 144 valence electrons. The number of nitro benzene ring substituents is 1. The van der Waals surface area contributed by atoms with Gasteiger partial charge in [0.25, 0.3) is 5.69 Å². The molecule has 10 heteroatoms. The number of anilines is 1. The van der Waals surface area contributed by atoms with Crippen molar-refractivity contribution in [1.29, 1.82) is 0 Å². The second-order valence-electron chi connectivity index (χ2n) is 6.50. The topological polar surface area (TPSA) is 149 Å². The molecule has 1 spiro atoms. The third-order valence-corrected chi connectivity index (χ3v) is 4.78. The molecule has 0 saturated heterocycles. The van der Waals surface area contributed by atoms with Crippen LogP contribution in [0.15, 0.2) is 28.2 Å². The Balaban J connectivity index is 2.11. The van der Waals surface area contributed by atoms with E-state index in [1.54, 1.807) is 11.8 Å². The third-order valence-electron chi connectivity index (χ3n) is 4.78. The molecular formula is C17H22N6O4. The average molecular weight is 374 g/mol. The van der Waals surface area contributed by atoms with Crippen LogP contribution in [0.2, 0.25) is 0 Å². The number of aliphatic imine (C=N–C) groups is 2. The van der Waals surface area contributed by atoms with Crippen LogP contribution < -0.4 is 16.4 Å². The van der Waals surface area contributed by atoms with E-state index in [1.807, 2.05) is 0 Å². The van der Waals surface area contributed by atoms with Crippen molar-refractivity contribution in [1.82, 2.24) is 0 Å². The van der Waals surface area contributed by atoms with Gasteiger partial charge in [0.1, 0.15) is 11.4 Å². The standard InChI is InChI=1S/C17H22N6O4/c1-2-27-14(24)11-6-7-12(13(10-11)23(25)26)22-16(19)20-15(18)21-17(22)8-4-3-5-9-17/h6-7,10H,2-5,8-9H2,1H3,(H4,18,19,20,21). The molecule has 1 heterocycles. The normalized spacial score (nSPS) is 18.6. The minimum absolute atomic E-state index is 0.0522. The van der Waals surface area contributed by atoms with Gasteiger partial charge in [-0.25, -0.2) is 9.79 Å². The average Bonchev–Trinajstić information content (AvgIpc) is 2.61. The van der Waals surface area contributed by atoms with Crippen LogP contribution in [-0.2, 0) is 4.74 Å². The fourth-order valence-electron chi connectivity index (χ4n) is 3.67. The lowest BCUT2D eigenvalue weighted by Crippen LogP contribution is -2.58. The minimum Gasteiger partial charge on any atom is -0.462 e. The summed E-state index contributed by atoms with van der Waals surface area (Å²) in [7, 11) is 0. The number of rotatable bonds is 4. The molecule has 0 bridgehead atoms. The molecule has 0 amide bonds. The fourth-order valence-corrected chi connectivity index (χ4v) is 3.67. The largest absolute Gasteiger partial charge is 0.462 e. The summed E-state index contributed by atoms with van der Waals surface area (Å²) in [5, 5.41) is 11.7. The van der Waals surface area contributed by atoms with Gasteiger partial charge in [0.05, 0.1) is 17.1 Å². The SMILES string of the molecule is CCOC(=O)c1ccc(N2C(N)=NC(N)=NC23CCCCC3)c([N+](=O)[O-])c1. The molecular weight excluding hydrogens is 352 g/mol. The minimum atomic E-state index is -0.801. The molecule has 27 heavy (non-hydrogen) atoms. The van der Waals surface area contributed by atoms with E-state index in [1.165, 1.54) is 18.2 Å². The number of nitrogens with zero attached hydrogens (tertiary/aromatic N) is 4. The van der Waals surface area contributed by atoms with E-state index >= 15 is 0 Å². The number of hydrogen-bond donors (Lipinski definition) is 2. The molecule has 1 aliphatic carbocycles. The molecule has 1 fully saturated rings. The van der Waals surface area contributed by atoms with Gasteiger partial charge in [0.15, 0.2) is 0 Å². The van der Waals surface area contributed by atoms with Crippen molar-refractivity contribution in [2.45, 2.75) is 44.7 Å². The molecule has 1 aliphatic heterocycles. The second kappa shape index (κ2) is 7.22. The highest BCUT2D eigenvalue weighted by Crippen LogP contribution is 2.42. The number of esters is 1. The predicted octanol–water partition coefficient (Wildman–Crippen LogP) is 1.88. The van der Waals surface area contributed by atoms with Crippen LogP contribution in [0.3, 0.4) is 0 Å². The first-order chi connectivity index (χ1) is 12.9. The van der Waals surface area contributed by atoms with Crippen molar-refractivity contribution in [3.05, 3.63) is 33.9 Å². The highest BCUT2D eigenvalue weighted by Gasteiger charge is 2.44. The van der Waals surface area contributed by atoms with Gasteiger partial charge < -0.3 is 16.2 Å². The molecule has 10 nitrogen and oxygen atoms in total. The number of ether oxygens (including phenoxy) is 1. The Hall–Kier alpha value is -3.17. The first kappa shape index (κ1) is 18.6. The van der Waals surface area contributed by atoms with Gasteiger partial charge in [-0.1, -0.05) is 6.42 Å². The van der Waals surface area contributed by atoms with Crippen molar-refractivity contribution < 1.29 is 14.5 Å². The summed E-state index contributed by atoms with van der Waals surface area (Å²) in [6, 6.07) is 4.16. The Morgan fingerprint density at radius 2 is 2.04 bits per heavy atom. The van der Waals surface area contributed by atoms with Crippen LogP contribution in [0.25, 0.3) is 0 Å². The van der Waals surface area contributed by atoms with E-state index in [4.69, 9.17) is 16.2 Å². The van der Waals surface area contributed by atoms with Crippen LogP contribution in [0.5, 0.6) is 0 Å². The molecule has 0 aromatic heterocycles. The quantitative estimate of drug-likeness (QED) is 0.464.